The van der Waals surface area contributed by atoms with Crippen molar-refractivity contribution in [1.29, 1.82) is 0 Å². The van der Waals surface area contributed by atoms with Gasteiger partial charge in [0.05, 0.1) is 12.2 Å². The SMILES string of the molecule is Cc1noc(C)c1CN(C)C(=O)C(C)(N)C(F)(F)F. The van der Waals surface area contributed by atoms with Crippen LogP contribution < -0.4 is 5.73 Å². The summed E-state index contributed by atoms with van der Waals surface area (Å²) < 4.78 is 42.9. The van der Waals surface area contributed by atoms with Crippen LogP contribution in [0.5, 0.6) is 0 Å². The third-order valence-electron chi connectivity index (χ3n) is 2.96. The van der Waals surface area contributed by atoms with Crippen molar-refractivity contribution in [2.24, 2.45) is 5.73 Å². The molecule has 0 aromatic carbocycles. The zero-order chi connectivity index (χ0) is 15.0. The number of rotatable bonds is 3. The summed E-state index contributed by atoms with van der Waals surface area (Å²) in [6.07, 6.45) is -4.81. The molecule has 0 saturated heterocycles. The highest BCUT2D eigenvalue weighted by molar-refractivity contribution is 5.86. The Kier molecular flexibility index (Phi) is 3.94. The fourth-order valence-electron chi connectivity index (χ4n) is 1.55. The Morgan fingerprint density at radius 3 is 2.32 bits per heavy atom. The van der Waals surface area contributed by atoms with E-state index in [0.29, 0.717) is 23.9 Å². The van der Waals surface area contributed by atoms with Crippen LogP contribution in [0.15, 0.2) is 4.52 Å². The van der Waals surface area contributed by atoms with Crippen LogP contribution in [0.3, 0.4) is 0 Å². The molecule has 2 N–H and O–H groups in total. The lowest BCUT2D eigenvalue weighted by molar-refractivity contribution is -0.193. The maximum atomic E-state index is 12.7. The Bertz CT molecular complexity index is 461. The summed E-state index contributed by atoms with van der Waals surface area (Å²) in [5.41, 5.74) is 3.28. The predicted molar refractivity (Wildman–Crippen MR) is 61.1 cm³/mol. The summed E-state index contributed by atoms with van der Waals surface area (Å²) in [6.45, 7) is 3.89. The zero-order valence-electron chi connectivity index (χ0n) is 11.1. The first kappa shape index (κ1) is 15.5. The minimum absolute atomic E-state index is 0.0388. The van der Waals surface area contributed by atoms with Gasteiger partial charge in [-0.2, -0.15) is 13.2 Å². The Hall–Kier alpha value is -1.57. The standard InChI is InChI=1S/C11H16F3N3O2/c1-6-8(7(2)19-16-6)5-17(4)9(18)10(3,15)11(12,13)14/h5,15H2,1-4H3. The number of hydrogen-bond donors (Lipinski definition) is 1. The van der Waals surface area contributed by atoms with Crippen LogP contribution in [-0.2, 0) is 11.3 Å². The third-order valence-corrected chi connectivity index (χ3v) is 2.96. The number of halogens is 3. The lowest BCUT2D eigenvalue weighted by atomic mass is 10.0. The molecule has 1 heterocycles. The second-order valence-corrected chi connectivity index (χ2v) is 4.66. The Balaban J connectivity index is 2.91. The van der Waals surface area contributed by atoms with Crippen molar-refractivity contribution in [3.8, 4) is 0 Å². The molecule has 8 heteroatoms. The normalized spacial score (nSPS) is 15.2. The van der Waals surface area contributed by atoms with Crippen LogP contribution in [0.2, 0.25) is 0 Å². The first-order valence-electron chi connectivity index (χ1n) is 5.51. The monoisotopic (exact) mass is 279 g/mol. The zero-order valence-corrected chi connectivity index (χ0v) is 11.1. The molecule has 5 nitrogen and oxygen atoms in total. The van der Waals surface area contributed by atoms with Crippen molar-refractivity contribution < 1.29 is 22.5 Å². The number of carbonyl (C=O) groups is 1. The number of amides is 1. The molecule has 0 radical (unpaired) electrons. The Morgan fingerprint density at radius 2 is 1.95 bits per heavy atom. The quantitative estimate of drug-likeness (QED) is 0.910. The van der Waals surface area contributed by atoms with Crippen molar-refractivity contribution in [3.05, 3.63) is 17.0 Å². The van der Waals surface area contributed by atoms with E-state index in [9.17, 15) is 18.0 Å². The number of aromatic nitrogens is 1. The number of nitrogens with zero attached hydrogens (tertiary/aromatic N) is 2. The van der Waals surface area contributed by atoms with Crippen molar-refractivity contribution >= 4 is 5.91 Å². The molecule has 0 aliphatic rings. The molecular weight excluding hydrogens is 263 g/mol. The summed E-state index contributed by atoms with van der Waals surface area (Å²) in [6, 6.07) is 0. The van der Waals surface area contributed by atoms with Crippen LogP contribution in [0, 0.1) is 13.8 Å². The van der Waals surface area contributed by atoms with E-state index in [1.54, 1.807) is 13.8 Å². The largest absolute Gasteiger partial charge is 0.415 e. The lowest BCUT2D eigenvalue weighted by Crippen LogP contribution is -2.61. The molecule has 0 bridgehead atoms. The van der Waals surface area contributed by atoms with Gasteiger partial charge < -0.3 is 15.2 Å². The van der Waals surface area contributed by atoms with E-state index in [1.807, 2.05) is 0 Å². The Labute approximate surface area is 108 Å². The topological polar surface area (TPSA) is 72.4 Å². The van der Waals surface area contributed by atoms with Gasteiger partial charge in [0.25, 0.3) is 5.91 Å². The maximum Gasteiger partial charge on any atom is 0.415 e. The summed E-state index contributed by atoms with van der Waals surface area (Å²) in [5, 5.41) is 3.67. The van der Waals surface area contributed by atoms with Crippen LogP contribution in [0.25, 0.3) is 0 Å². The number of likely N-dealkylation sites (N-methyl/N-ethyl adjacent to an activating group) is 1. The fraction of sp³-hybridized carbons (Fsp3) is 0.636. The molecule has 108 valence electrons. The molecule has 1 unspecified atom stereocenters. The second kappa shape index (κ2) is 4.84. The van der Waals surface area contributed by atoms with E-state index in [1.165, 1.54) is 7.05 Å². The van der Waals surface area contributed by atoms with Crippen LogP contribution in [-0.4, -0.2) is 34.7 Å². The van der Waals surface area contributed by atoms with Gasteiger partial charge in [0.1, 0.15) is 5.76 Å². The van der Waals surface area contributed by atoms with E-state index in [4.69, 9.17) is 10.3 Å². The van der Waals surface area contributed by atoms with Crippen molar-refractivity contribution in [3.63, 3.8) is 0 Å². The van der Waals surface area contributed by atoms with Gasteiger partial charge in [0.2, 0.25) is 0 Å². The maximum absolute atomic E-state index is 12.7. The molecule has 19 heavy (non-hydrogen) atoms. The molecule has 0 saturated carbocycles. The molecule has 0 aliphatic carbocycles. The summed E-state index contributed by atoms with van der Waals surface area (Å²) in [4.78, 5) is 12.7. The fourth-order valence-corrected chi connectivity index (χ4v) is 1.55. The highest BCUT2D eigenvalue weighted by Gasteiger charge is 2.55. The van der Waals surface area contributed by atoms with Gasteiger partial charge in [-0.3, -0.25) is 4.79 Å². The first-order chi connectivity index (χ1) is 8.48. The van der Waals surface area contributed by atoms with Gasteiger partial charge in [-0.05, 0) is 20.8 Å². The molecule has 1 aromatic rings. The number of carbonyl (C=O) groups excluding carboxylic acids is 1. The van der Waals surface area contributed by atoms with Gasteiger partial charge in [0.15, 0.2) is 5.54 Å². The van der Waals surface area contributed by atoms with E-state index in [2.05, 4.69) is 5.16 Å². The first-order valence-corrected chi connectivity index (χ1v) is 5.51. The molecule has 0 aliphatic heterocycles. The van der Waals surface area contributed by atoms with Crippen molar-refractivity contribution in [2.75, 3.05) is 7.05 Å². The number of hydrogen-bond acceptors (Lipinski definition) is 4. The van der Waals surface area contributed by atoms with E-state index in [-0.39, 0.29) is 6.54 Å². The lowest BCUT2D eigenvalue weighted by Gasteiger charge is -2.30. The minimum Gasteiger partial charge on any atom is -0.361 e. The Morgan fingerprint density at radius 1 is 1.42 bits per heavy atom. The van der Waals surface area contributed by atoms with Gasteiger partial charge in [-0.15, -0.1) is 0 Å². The minimum atomic E-state index is -4.81. The van der Waals surface area contributed by atoms with Gasteiger partial charge in [0, 0.05) is 12.6 Å². The summed E-state index contributed by atoms with van der Waals surface area (Å²) in [5.74, 6) is -0.747. The number of alkyl halides is 3. The van der Waals surface area contributed by atoms with E-state index < -0.39 is 17.6 Å². The predicted octanol–water partition coefficient (Wildman–Crippen LogP) is 1.53. The average molecular weight is 279 g/mol. The molecule has 1 aromatic heterocycles. The van der Waals surface area contributed by atoms with Crippen molar-refractivity contribution in [2.45, 2.75) is 39.0 Å². The van der Waals surface area contributed by atoms with E-state index >= 15 is 0 Å². The van der Waals surface area contributed by atoms with Gasteiger partial charge in [-0.25, -0.2) is 0 Å². The molecule has 1 rings (SSSR count). The number of nitrogens with two attached hydrogens (primary N) is 1. The summed E-state index contributed by atoms with van der Waals surface area (Å²) in [7, 11) is 1.26. The molecule has 0 fully saturated rings. The van der Waals surface area contributed by atoms with Crippen LogP contribution >= 0.6 is 0 Å². The molecular formula is C11H16F3N3O2. The van der Waals surface area contributed by atoms with Crippen LogP contribution in [0.1, 0.15) is 23.9 Å². The average Bonchev–Trinajstić information content (AvgIpc) is 2.58. The van der Waals surface area contributed by atoms with Gasteiger partial charge in [-0.1, -0.05) is 5.16 Å². The van der Waals surface area contributed by atoms with E-state index in [0.717, 1.165) is 4.90 Å². The molecule has 1 atom stereocenters. The summed E-state index contributed by atoms with van der Waals surface area (Å²) >= 11 is 0. The smallest absolute Gasteiger partial charge is 0.361 e. The number of aryl methyl sites for hydroxylation is 2. The van der Waals surface area contributed by atoms with Crippen molar-refractivity contribution in [1.82, 2.24) is 10.1 Å². The van der Waals surface area contributed by atoms with Gasteiger partial charge >= 0.3 is 6.18 Å². The highest BCUT2D eigenvalue weighted by Crippen LogP contribution is 2.29. The molecule has 0 spiro atoms. The second-order valence-electron chi connectivity index (χ2n) is 4.66. The third kappa shape index (κ3) is 2.89. The molecule has 1 amide bonds. The highest BCUT2D eigenvalue weighted by atomic mass is 19.4. The van der Waals surface area contributed by atoms with Crippen LogP contribution in [0.4, 0.5) is 13.2 Å².